The van der Waals surface area contributed by atoms with Crippen molar-refractivity contribution in [3.05, 3.63) is 47.7 Å². The molecule has 2 heterocycles. The predicted molar refractivity (Wildman–Crippen MR) is 103 cm³/mol. The van der Waals surface area contributed by atoms with Crippen LogP contribution < -0.4 is 15.4 Å². The van der Waals surface area contributed by atoms with Crippen LogP contribution in [0.15, 0.2) is 36.5 Å². The molecule has 1 aliphatic heterocycles. The van der Waals surface area contributed by atoms with Gasteiger partial charge < -0.3 is 15.4 Å². The largest absolute Gasteiger partial charge is 0.494 e. The van der Waals surface area contributed by atoms with Crippen molar-refractivity contribution in [3.63, 3.8) is 0 Å². The molecule has 3 N–H and O–H groups in total. The van der Waals surface area contributed by atoms with Crippen LogP contribution in [0.4, 0.5) is 11.5 Å². The van der Waals surface area contributed by atoms with Gasteiger partial charge in [-0.3, -0.25) is 5.41 Å². The zero-order chi connectivity index (χ0) is 18.7. The number of benzene rings is 1. The molecule has 0 bridgehead atoms. The first kappa shape index (κ1) is 18.2. The second-order valence-corrected chi connectivity index (χ2v) is 8.40. The quantitative estimate of drug-likeness (QED) is 0.609. The van der Waals surface area contributed by atoms with E-state index in [9.17, 15) is 8.42 Å². The summed E-state index contributed by atoms with van der Waals surface area (Å²) >= 11 is 0. The molecule has 0 amide bonds. The minimum absolute atomic E-state index is 0.125. The zero-order valence-corrected chi connectivity index (χ0v) is 15.4. The maximum atomic E-state index is 11.6. The van der Waals surface area contributed by atoms with Gasteiger partial charge >= 0.3 is 0 Å². The van der Waals surface area contributed by atoms with Gasteiger partial charge in [-0.15, -0.1) is 0 Å². The van der Waals surface area contributed by atoms with Crippen molar-refractivity contribution in [2.45, 2.75) is 6.92 Å². The Morgan fingerprint density at radius 2 is 2.00 bits per heavy atom. The Balaban J connectivity index is 1.86. The van der Waals surface area contributed by atoms with Crippen molar-refractivity contribution in [2.24, 2.45) is 0 Å². The predicted octanol–water partition coefficient (Wildman–Crippen LogP) is 1.71. The van der Waals surface area contributed by atoms with Crippen molar-refractivity contribution in [1.29, 1.82) is 5.41 Å². The van der Waals surface area contributed by atoms with E-state index < -0.39 is 9.84 Å². The molecule has 1 aromatic carbocycles. The number of rotatable bonds is 5. The van der Waals surface area contributed by atoms with Gasteiger partial charge in [0.25, 0.3) is 0 Å². The number of nitrogen functional groups attached to an aromatic ring is 1. The molecule has 3 rings (SSSR count). The van der Waals surface area contributed by atoms with E-state index in [1.807, 2.05) is 11.8 Å². The molecule has 0 radical (unpaired) electrons. The van der Waals surface area contributed by atoms with E-state index in [4.69, 9.17) is 15.9 Å². The van der Waals surface area contributed by atoms with Crippen LogP contribution in [0.25, 0.3) is 0 Å². The molecule has 0 spiro atoms. The first-order chi connectivity index (χ1) is 12.4. The van der Waals surface area contributed by atoms with Crippen LogP contribution >= 0.6 is 0 Å². The normalized spacial score (nSPS) is 16.3. The summed E-state index contributed by atoms with van der Waals surface area (Å²) in [7, 11) is -2.95. The first-order valence-corrected chi connectivity index (χ1v) is 10.2. The highest BCUT2D eigenvalue weighted by atomic mass is 32.2. The molecular formula is C18H22N4O3S. The van der Waals surface area contributed by atoms with Crippen LogP contribution in [0.3, 0.4) is 0 Å². The minimum Gasteiger partial charge on any atom is -0.494 e. The number of hydrogen-bond donors (Lipinski definition) is 2. The lowest BCUT2D eigenvalue weighted by molar-refractivity contribution is 0.340. The number of anilines is 2. The van der Waals surface area contributed by atoms with E-state index in [1.165, 1.54) is 0 Å². The van der Waals surface area contributed by atoms with Crippen LogP contribution in [0.1, 0.15) is 18.1 Å². The average molecular weight is 374 g/mol. The van der Waals surface area contributed by atoms with Gasteiger partial charge in [-0.2, -0.15) is 0 Å². The van der Waals surface area contributed by atoms with Crippen LogP contribution in [0, 0.1) is 5.41 Å². The summed E-state index contributed by atoms with van der Waals surface area (Å²) in [5, 5.41) is 8.54. The van der Waals surface area contributed by atoms with Crippen molar-refractivity contribution >= 4 is 27.1 Å². The van der Waals surface area contributed by atoms with Gasteiger partial charge in [-0.1, -0.05) is 0 Å². The molecule has 138 valence electrons. The van der Waals surface area contributed by atoms with E-state index >= 15 is 0 Å². The lowest BCUT2D eigenvalue weighted by Crippen LogP contribution is -2.40. The van der Waals surface area contributed by atoms with Crippen LogP contribution in [0.2, 0.25) is 0 Å². The molecule has 0 aliphatic carbocycles. The fourth-order valence-electron chi connectivity index (χ4n) is 2.85. The highest BCUT2D eigenvalue weighted by Gasteiger charge is 2.23. The number of hydrogen-bond acceptors (Lipinski definition) is 7. The fraction of sp³-hybridized carbons (Fsp3) is 0.333. The summed E-state index contributed by atoms with van der Waals surface area (Å²) in [6.07, 6.45) is 1.63. The third-order valence-electron chi connectivity index (χ3n) is 4.31. The van der Waals surface area contributed by atoms with Gasteiger partial charge in [0.1, 0.15) is 11.6 Å². The standard InChI is InChI=1S/C18H22N4O3S/c1-2-25-14-3-4-16(19)15(12-14)18(20)13-5-6-21-17(11-13)22-7-9-26(23,24)10-8-22/h3-6,11-12,20H,2,7-10,19H2,1H3. The lowest BCUT2D eigenvalue weighted by Gasteiger charge is -2.28. The van der Waals surface area contributed by atoms with E-state index in [-0.39, 0.29) is 17.2 Å². The number of aromatic nitrogens is 1. The van der Waals surface area contributed by atoms with Gasteiger partial charge in [0.2, 0.25) is 0 Å². The van der Waals surface area contributed by atoms with Gasteiger partial charge in [-0.25, -0.2) is 13.4 Å². The van der Waals surface area contributed by atoms with Crippen molar-refractivity contribution in [3.8, 4) is 5.75 Å². The third kappa shape index (κ3) is 3.96. The summed E-state index contributed by atoms with van der Waals surface area (Å²) in [6, 6.07) is 8.81. The van der Waals surface area contributed by atoms with Crippen molar-refractivity contribution < 1.29 is 13.2 Å². The second kappa shape index (κ2) is 7.33. The third-order valence-corrected chi connectivity index (χ3v) is 5.92. The van der Waals surface area contributed by atoms with Crippen molar-refractivity contribution in [2.75, 3.05) is 41.8 Å². The molecule has 1 aliphatic rings. The molecule has 0 atom stereocenters. The molecule has 0 unspecified atom stereocenters. The second-order valence-electron chi connectivity index (χ2n) is 6.10. The molecular weight excluding hydrogens is 352 g/mol. The first-order valence-electron chi connectivity index (χ1n) is 8.42. The number of nitrogens with one attached hydrogen (secondary N) is 1. The van der Waals surface area contributed by atoms with E-state index in [1.54, 1.807) is 36.5 Å². The summed E-state index contributed by atoms with van der Waals surface area (Å²) < 4.78 is 28.7. The molecule has 26 heavy (non-hydrogen) atoms. The van der Waals surface area contributed by atoms with Crippen LogP contribution in [-0.4, -0.2) is 50.3 Å². The Morgan fingerprint density at radius 1 is 1.27 bits per heavy atom. The minimum atomic E-state index is -2.95. The maximum Gasteiger partial charge on any atom is 0.153 e. The monoisotopic (exact) mass is 374 g/mol. The number of sulfone groups is 1. The highest BCUT2D eigenvalue weighted by molar-refractivity contribution is 7.91. The Bertz CT molecular complexity index is 914. The van der Waals surface area contributed by atoms with Gasteiger partial charge in [0.15, 0.2) is 9.84 Å². The summed E-state index contributed by atoms with van der Waals surface area (Å²) in [5.74, 6) is 1.58. The molecule has 1 aromatic heterocycles. The Morgan fingerprint density at radius 3 is 2.69 bits per heavy atom. The topological polar surface area (TPSA) is 109 Å². The molecule has 7 nitrogen and oxygen atoms in total. The number of ether oxygens (including phenoxy) is 1. The molecule has 0 saturated carbocycles. The molecule has 8 heteroatoms. The van der Waals surface area contributed by atoms with E-state index in [0.29, 0.717) is 48.1 Å². The highest BCUT2D eigenvalue weighted by Crippen LogP contribution is 2.24. The molecule has 1 saturated heterocycles. The molecule has 2 aromatic rings. The number of nitrogens with two attached hydrogens (primary N) is 1. The van der Waals surface area contributed by atoms with Gasteiger partial charge in [0.05, 0.1) is 23.8 Å². The number of nitrogens with zero attached hydrogens (tertiary/aromatic N) is 2. The average Bonchev–Trinajstić information content (AvgIpc) is 2.63. The summed E-state index contributed by atoms with van der Waals surface area (Å²) in [4.78, 5) is 6.26. The van der Waals surface area contributed by atoms with Gasteiger partial charge in [-0.05, 0) is 37.3 Å². The van der Waals surface area contributed by atoms with Crippen molar-refractivity contribution in [1.82, 2.24) is 4.98 Å². The fourth-order valence-corrected chi connectivity index (χ4v) is 4.05. The Labute approximate surface area is 153 Å². The lowest BCUT2D eigenvalue weighted by atomic mass is 10.0. The smallest absolute Gasteiger partial charge is 0.153 e. The van der Waals surface area contributed by atoms with E-state index in [0.717, 1.165) is 0 Å². The summed E-state index contributed by atoms with van der Waals surface area (Å²) in [5.41, 5.74) is 8.08. The zero-order valence-electron chi connectivity index (χ0n) is 14.6. The van der Waals surface area contributed by atoms with Gasteiger partial charge in [0, 0.05) is 36.1 Å². The maximum absolute atomic E-state index is 11.6. The van der Waals surface area contributed by atoms with Crippen LogP contribution in [0.5, 0.6) is 5.75 Å². The Kier molecular flexibility index (Phi) is 5.13. The number of pyridine rings is 1. The molecule has 1 fully saturated rings. The van der Waals surface area contributed by atoms with E-state index in [2.05, 4.69) is 4.98 Å². The van der Waals surface area contributed by atoms with Crippen LogP contribution in [-0.2, 0) is 9.84 Å². The summed E-state index contributed by atoms with van der Waals surface area (Å²) in [6.45, 7) is 3.26. The SMILES string of the molecule is CCOc1ccc(N)c(C(=N)c2ccnc(N3CCS(=O)(=O)CC3)c2)c1. The Hall–Kier alpha value is -2.61.